The minimum absolute atomic E-state index is 0.310. The average Bonchev–Trinajstić information content (AvgIpc) is 2.71. The molecule has 158 valence electrons. The van der Waals surface area contributed by atoms with E-state index in [9.17, 15) is 9.59 Å². The highest BCUT2D eigenvalue weighted by atomic mass is 16.6. The van der Waals surface area contributed by atoms with E-state index in [0.717, 1.165) is 19.3 Å². The molecule has 0 unspecified atom stereocenters. The van der Waals surface area contributed by atoms with Gasteiger partial charge in [-0.05, 0) is 18.6 Å². The summed E-state index contributed by atoms with van der Waals surface area (Å²) in [5, 5.41) is 0. The van der Waals surface area contributed by atoms with Gasteiger partial charge in [-0.2, -0.15) is 0 Å². The molecular weight excluding hydrogens is 350 g/mol. The predicted molar refractivity (Wildman–Crippen MR) is 114 cm³/mol. The van der Waals surface area contributed by atoms with Crippen LogP contribution in [0, 0.1) is 0 Å². The lowest BCUT2D eigenvalue weighted by molar-refractivity contribution is -0.138. The average molecular weight is 390 g/mol. The van der Waals surface area contributed by atoms with E-state index >= 15 is 0 Å². The highest BCUT2D eigenvalue weighted by Gasteiger charge is 2.12. The number of carbonyl (C=O) groups excluding carboxylic acids is 2. The van der Waals surface area contributed by atoms with E-state index in [4.69, 9.17) is 4.74 Å². The van der Waals surface area contributed by atoms with Crippen LogP contribution in [0.2, 0.25) is 0 Å². The van der Waals surface area contributed by atoms with Gasteiger partial charge in [0.25, 0.3) is 0 Å². The second kappa shape index (κ2) is 17.4. The number of esters is 2. The minimum atomic E-state index is -0.612. The van der Waals surface area contributed by atoms with E-state index in [0.29, 0.717) is 12.0 Å². The maximum atomic E-state index is 11.7. The number of hydrogen-bond donors (Lipinski definition) is 0. The molecule has 0 saturated carbocycles. The summed E-state index contributed by atoms with van der Waals surface area (Å²) >= 11 is 0. The van der Waals surface area contributed by atoms with Crippen molar-refractivity contribution in [3.63, 3.8) is 0 Å². The summed E-state index contributed by atoms with van der Waals surface area (Å²) in [6.07, 6.45) is 22.6. The smallest absolute Gasteiger partial charge is 0.347 e. The second-order valence-corrected chi connectivity index (χ2v) is 7.70. The molecule has 0 saturated heterocycles. The van der Waals surface area contributed by atoms with Gasteiger partial charge in [-0.1, -0.05) is 96.8 Å². The highest BCUT2D eigenvalue weighted by Crippen LogP contribution is 2.14. The Labute approximate surface area is 171 Å². The number of unbranched alkanes of at least 4 members (excludes halogenated alkanes) is 14. The van der Waals surface area contributed by atoms with Crippen LogP contribution in [-0.4, -0.2) is 16.9 Å². The fourth-order valence-corrected chi connectivity index (χ4v) is 3.34. The van der Waals surface area contributed by atoms with Gasteiger partial charge >= 0.3 is 11.9 Å². The molecular formula is C24H39NO3. The molecule has 0 atom stereocenters. The lowest BCUT2D eigenvalue weighted by Crippen LogP contribution is -2.12. The van der Waals surface area contributed by atoms with Crippen molar-refractivity contribution in [3.8, 4) is 0 Å². The molecule has 0 aliphatic carbocycles. The Kier molecular flexibility index (Phi) is 15.1. The molecule has 28 heavy (non-hydrogen) atoms. The Bertz CT molecular complexity index is 516. The molecule has 0 aliphatic rings. The van der Waals surface area contributed by atoms with Crippen LogP contribution in [0.25, 0.3) is 0 Å². The Hall–Kier alpha value is -1.71. The molecule has 0 spiro atoms. The summed E-state index contributed by atoms with van der Waals surface area (Å²) in [5.41, 5.74) is 0.312. The Balaban J connectivity index is 1.84. The first-order valence-corrected chi connectivity index (χ1v) is 11.4. The second-order valence-electron chi connectivity index (χ2n) is 7.70. The van der Waals surface area contributed by atoms with Crippen molar-refractivity contribution < 1.29 is 14.3 Å². The maximum absolute atomic E-state index is 11.7. The molecule has 1 aromatic rings. The molecule has 0 N–H and O–H groups in total. The highest BCUT2D eigenvalue weighted by molar-refractivity contribution is 5.96. The Morgan fingerprint density at radius 1 is 0.786 bits per heavy atom. The van der Waals surface area contributed by atoms with Gasteiger partial charge < -0.3 is 4.74 Å². The SMILES string of the molecule is CCCCCCCCCCCCCCCCCC(=O)OC(=O)c1cccnc1. The minimum Gasteiger partial charge on any atom is -0.389 e. The van der Waals surface area contributed by atoms with Gasteiger partial charge in [0, 0.05) is 18.8 Å². The van der Waals surface area contributed by atoms with Gasteiger partial charge in [-0.3, -0.25) is 9.78 Å². The van der Waals surface area contributed by atoms with Crippen molar-refractivity contribution in [1.82, 2.24) is 4.98 Å². The zero-order valence-electron chi connectivity index (χ0n) is 17.8. The van der Waals surface area contributed by atoms with Crippen LogP contribution < -0.4 is 0 Å². The zero-order chi connectivity index (χ0) is 20.3. The van der Waals surface area contributed by atoms with Crippen molar-refractivity contribution in [1.29, 1.82) is 0 Å². The first kappa shape index (κ1) is 24.3. The van der Waals surface area contributed by atoms with E-state index < -0.39 is 11.9 Å². The van der Waals surface area contributed by atoms with Crippen LogP contribution in [0.15, 0.2) is 24.5 Å². The number of hydrogen-bond acceptors (Lipinski definition) is 4. The quantitative estimate of drug-likeness (QED) is 0.163. The van der Waals surface area contributed by atoms with Crippen LogP contribution in [0.1, 0.15) is 120 Å². The van der Waals surface area contributed by atoms with Crippen LogP contribution in [0.4, 0.5) is 0 Å². The third-order valence-electron chi connectivity index (χ3n) is 5.09. The summed E-state index contributed by atoms with van der Waals surface area (Å²) in [4.78, 5) is 27.3. The summed E-state index contributed by atoms with van der Waals surface area (Å²) in [6, 6.07) is 3.24. The molecule has 1 heterocycles. The first-order valence-electron chi connectivity index (χ1n) is 11.4. The van der Waals surface area contributed by atoms with E-state index in [2.05, 4.69) is 11.9 Å². The number of nitrogens with zero attached hydrogens (tertiary/aromatic N) is 1. The van der Waals surface area contributed by atoms with E-state index in [1.807, 2.05) is 0 Å². The summed E-state index contributed by atoms with van der Waals surface area (Å²) in [7, 11) is 0. The molecule has 0 radical (unpaired) electrons. The molecule has 0 aromatic carbocycles. The van der Waals surface area contributed by atoms with Crippen molar-refractivity contribution in [2.45, 2.75) is 110 Å². The standard InChI is InChI=1S/C24H39NO3/c1-2-3-4-5-6-7-8-9-10-11-12-13-14-15-16-19-23(26)28-24(27)22-18-17-20-25-21-22/h17-18,20-21H,2-16,19H2,1H3. The van der Waals surface area contributed by atoms with Crippen LogP contribution in [0.5, 0.6) is 0 Å². The van der Waals surface area contributed by atoms with Crippen molar-refractivity contribution >= 4 is 11.9 Å². The van der Waals surface area contributed by atoms with Gasteiger partial charge in [0.15, 0.2) is 0 Å². The summed E-state index contributed by atoms with van der Waals surface area (Å²) in [5.74, 6) is -1.05. The fourth-order valence-electron chi connectivity index (χ4n) is 3.34. The molecule has 0 bridgehead atoms. The van der Waals surface area contributed by atoms with Crippen LogP contribution in [-0.2, 0) is 9.53 Å². The van der Waals surface area contributed by atoms with Gasteiger partial charge in [-0.25, -0.2) is 4.79 Å². The Morgan fingerprint density at radius 2 is 1.29 bits per heavy atom. The predicted octanol–water partition coefficient (Wildman–Crippen LogP) is 7.03. The van der Waals surface area contributed by atoms with E-state index in [1.54, 1.807) is 18.3 Å². The van der Waals surface area contributed by atoms with Crippen molar-refractivity contribution in [2.75, 3.05) is 0 Å². The lowest BCUT2D eigenvalue weighted by atomic mass is 10.0. The zero-order valence-corrected chi connectivity index (χ0v) is 17.8. The van der Waals surface area contributed by atoms with Gasteiger partial charge in [0.05, 0.1) is 5.56 Å². The lowest BCUT2D eigenvalue weighted by Gasteiger charge is -2.04. The third kappa shape index (κ3) is 13.5. The molecule has 0 aliphatic heterocycles. The van der Waals surface area contributed by atoms with E-state index in [1.165, 1.54) is 83.2 Å². The largest absolute Gasteiger partial charge is 0.389 e. The number of aromatic nitrogens is 1. The van der Waals surface area contributed by atoms with Crippen LogP contribution >= 0.6 is 0 Å². The number of pyridine rings is 1. The molecule has 1 rings (SSSR count). The summed E-state index contributed by atoms with van der Waals surface area (Å²) in [6.45, 7) is 2.27. The number of rotatable bonds is 17. The van der Waals surface area contributed by atoms with Crippen LogP contribution in [0.3, 0.4) is 0 Å². The number of carbonyl (C=O) groups is 2. The third-order valence-corrected chi connectivity index (χ3v) is 5.09. The number of ether oxygens (including phenoxy) is 1. The Morgan fingerprint density at radius 3 is 1.75 bits per heavy atom. The monoisotopic (exact) mass is 389 g/mol. The van der Waals surface area contributed by atoms with Gasteiger partial charge in [0.1, 0.15) is 0 Å². The molecule has 4 heteroatoms. The normalized spacial score (nSPS) is 10.8. The van der Waals surface area contributed by atoms with Gasteiger partial charge in [-0.15, -0.1) is 0 Å². The summed E-state index contributed by atoms with van der Waals surface area (Å²) < 4.78 is 4.84. The van der Waals surface area contributed by atoms with Crippen molar-refractivity contribution in [2.24, 2.45) is 0 Å². The molecule has 4 nitrogen and oxygen atoms in total. The fraction of sp³-hybridized carbons (Fsp3) is 0.708. The van der Waals surface area contributed by atoms with Gasteiger partial charge in [0.2, 0.25) is 0 Å². The molecule has 0 amide bonds. The van der Waals surface area contributed by atoms with Crippen molar-refractivity contribution in [3.05, 3.63) is 30.1 Å². The molecule has 1 aromatic heterocycles. The molecule has 0 fully saturated rings. The topological polar surface area (TPSA) is 56.3 Å². The first-order chi connectivity index (χ1) is 13.7. The van der Waals surface area contributed by atoms with E-state index in [-0.39, 0.29) is 0 Å². The maximum Gasteiger partial charge on any atom is 0.347 e.